The Morgan fingerprint density at radius 1 is 0.515 bits per heavy atom. The van der Waals surface area contributed by atoms with Crippen LogP contribution in [0.2, 0.25) is 0 Å². The van der Waals surface area contributed by atoms with E-state index in [1.54, 1.807) is 24.4 Å². The third-order valence-corrected chi connectivity index (χ3v) is 12.5. The first-order valence-electron chi connectivity index (χ1n) is 24.0. The number of aryl methyl sites for hydroxylation is 1. The predicted octanol–water partition coefficient (Wildman–Crippen LogP) is 16.1. The zero-order valence-corrected chi connectivity index (χ0v) is 41.5. The number of phenolic OH excluding ortho intramolecular Hbond substituents is 1. The molecule has 0 saturated heterocycles. The van der Waals surface area contributed by atoms with E-state index in [4.69, 9.17) is 14.1 Å². The molecule has 66 heavy (non-hydrogen) atoms. The number of aromatic hydroxyl groups is 1. The van der Waals surface area contributed by atoms with Gasteiger partial charge in [-0.15, -0.1) is 23.8 Å². The van der Waals surface area contributed by atoms with Gasteiger partial charge in [-0.25, -0.2) is 4.98 Å². The molecule has 9 rings (SSSR count). The van der Waals surface area contributed by atoms with Gasteiger partial charge in [0.15, 0.2) is 0 Å². The fourth-order valence-electron chi connectivity index (χ4n) is 8.57. The summed E-state index contributed by atoms with van der Waals surface area (Å²) in [5.41, 5.74) is 16.0. The van der Waals surface area contributed by atoms with Gasteiger partial charge in [0.1, 0.15) is 11.6 Å². The molecule has 0 aliphatic heterocycles. The van der Waals surface area contributed by atoms with Crippen molar-refractivity contribution in [2.45, 2.75) is 85.4 Å². The van der Waals surface area contributed by atoms with Gasteiger partial charge in [0, 0.05) is 42.6 Å². The van der Waals surface area contributed by atoms with Gasteiger partial charge in [-0.3, -0.25) is 9.55 Å². The molecule has 0 fully saturated rings. The number of pyridine rings is 1. The number of hydrogen-bond acceptors (Lipinski definition) is 3. The maximum atomic E-state index is 11.8. The zero-order chi connectivity index (χ0) is 48.3. The maximum Gasteiger partial charge on any atom is 0.148 e. The standard InChI is InChI=1S/C61H58N3O.Pt/c1-39-19-21-40(22-20-39)43-31-32-62-53(36-43)46-34-44(41-23-25-47(26-24-41)59(2,3)4)33-45(35-46)50-17-14-18-55-57(50)63-58(52-38-49(61(8,9)10)28-30-56(52)65)64(55)54-29-27-48(60(5,6)7)37-51(54)42-15-12-11-13-16-42;/h11-34,36-38,65H,1-10H3;/q-1;/i1D3;. The van der Waals surface area contributed by atoms with E-state index in [2.05, 4.69) is 176 Å². The molecule has 0 aliphatic rings. The Morgan fingerprint density at radius 2 is 1.12 bits per heavy atom. The molecule has 0 spiro atoms. The monoisotopic (exact) mass is 1050 g/mol. The van der Waals surface area contributed by atoms with Gasteiger partial charge < -0.3 is 5.11 Å². The van der Waals surface area contributed by atoms with Crippen molar-refractivity contribution in [2.24, 2.45) is 0 Å². The fourth-order valence-corrected chi connectivity index (χ4v) is 8.57. The first-order valence-corrected chi connectivity index (χ1v) is 22.5. The maximum absolute atomic E-state index is 11.8. The molecule has 0 aliphatic carbocycles. The number of para-hydroxylation sites is 1. The Kier molecular flexibility index (Phi) is 11.4. The molecular weight excluding hydrogens is 986 g/mol. The van der Waals surface area contributed by atoms with Crippen molar-refractivity contribution in [3.63, 3.8) is 0 Å². The van der Waals surface area contributed by atoms with Crippen LogP contribution in [-0.2, 0) is 37.3 Å². The number of benzene rings is 7. The number of aromatic nitrogens is 3. The summed E-state index contributed by atoms with van der Waals surface area (Å²) in [7, 11) is 0. The number of fused-ring (bicyclic) bond motifs is 1. The van der Waals surface area contributed by atoms with Crippen LogP contribution in [0.25, 0.3) is 83.9 Å². The van der Waals surface area contributed by atoms with Crippen LogP contribution < -0.4 is 0 Å². The van der Waals surface area contributed by atoms with E-state index in [9.17, 15) is 5.11 Å². The minimum absolute atomic E-state index is 0. The van der Waals surface area contributed by atoms with E-state index in [1.165, 1.54) is 11.1 Å². The minimum atomic E-state index is -2.18. The third-order valence-electron chi connectivity index (χ3n) is 12.5. The summed E-state index contributed by atoms with van der Waals surface area (Å²) in [4.78, 5) is 10.5. The second kappa shape index (κ2) is 17.8. The van der Waals surface area contributed by atoms with Crippen LogP contribution in [-0.4, -0.2) is 19.6 Å². The Hall–Kier alpha value is -6.35. The summed E-state index contributed by atoms with van der Waals surface area (Å²) in [6.07, 6.45) is 1.79. The summed E-state index contributed by atoms with van der Waals surface area (Å²) in [6, 6.07) is 57.3. The average Bonchev–Trinajstić information content (AvgIpc) is 3.70. The topological polar surface area (TPSA) is 50.9 Å². The van der Waals surface area contributed by atoms with Crippen LogP contribution in [0.4, 0.5) is 0 Å². The van der Waals surface area contributed by atoms with E-state index < -0.39 is 6.85 Å². The Bertz CT molecular complexity index is 3320. The van der Waals surface area contributed by atoms with Crippen LogP contribution in [0.15, 0.2) is 164 Å². The van der Waals surface area contributed by atoms with Gasteiger partial charge in [0.25, 0.3) is 0 Å². The molecule has 0 atom stereocenters. The summed E-state index contributed by atoms with van der Waals surface area (Å²) in [5.74, 6) is 0.780. The smallest absolute Gasteiger partial charge is 0.148 e. The summed E-state index contributed by atoms with van der Waals surface area (Å²) < 4.78 is 25.9. The summed E-state index contributed by atoms with van der Waals surface area (Å²) in [6.45, 7) is 17.7. The van der Waals surface area contributed by atoms with Crippen molar-refractivity contribution < 1.29 is 30.3 Å². The molecule has 5 heteroatoms. The van der Waals surface area contributed by atoms with Crippen LogP contribution in [0, 0.1) is 12.9 Å². The zero-order valence-electron chi connectivity index (χ0n) is 42.2. The van der Waals surface area contributed by atoms with Crippen molar-refractivity contribution in [1.82, 2.24) is 14.5 Å². The van der Waals surface area contributed by atoms with Crippen LogP contribution in [0.5, 0.6) is 5.75 Å². The van der Waals surface area contributed by atoms with Crippen molar-refractivity contribution in [2.75, 3.05) is 0 Å². The normalized spacial score (nSPS) is 12.9. The molecule has 9 aromatic rings. The van der Waals surface area contributed by atoms with Crippen molar-refractivity contribution in [1.29, 1.82) is 0 Å². The van der Waals surface area contributed by atoms with E-state index in [0.29, 0.717) is 17.0 Å². The summed E-state index contributed by atoms with van der Waals surface area (Å²) in [5, 5.41) is 11.8. The number of rotatable bonds is 7. The molecule has 0 radical (unpaired) electrons. The number of hydrogen-bond donors (Lipinski definition) is 1. The molecule has 0 amide bonds. The fraction of sp³-hybridized carbons (Fsp3) is 0.213. The average molecular weight is 1050 g/mol. The van der Waals surface area contributed by atoms with Gasteiger partial charge in [0.05, 0.1) is 22.3 Å². The number of nitrogens with zero attached hydrogens (tertiary/aromatic N) is 3. The Balaban J connectivity index is 0.00000642. The molecule has 4 nitrogen and oxygen atoms in total. The molecular formula is C61H58N3OPt-. The van der Waals surface area contributed by atoms with E-state index in [1.807, 2.05) is 36.4 Å². The SMILES string of the molecule is [2H]C([2H])([2H])c1ccc(-c2ccnc(-c3[c-]c(-c4cccc5c4nc(-c4cc(C(C)(C)C)ccc4O)n5-c4ccc(C(C)(C)C)cc4-c4ccccc4)cc(-c4ccc(C(C)(C)C)cc4)c3)c2)cc1.[Pt]. The van der Waals surface area contributed by atoms with Crippen molar-refractivity contribution >= 4 is 11.0 Å². The molecule has 334 valence electrons. The quantitative estimate of drug-likeness (QED) is 0.162. The molecule has 2 heterocycles. The first kappa shape index (κ1) is 42.3. The van der Waals surface area contributed by atoms with Crippen LogP contribution in [0.3, 0.4) is 0 Å². The second-order valence-corrected chi connectivity index (χ2v) is 20.3. The predicted molar refractivity (Wildman–Crippen MR) is 273 cm³/mol. The Morgan fingerprint density at radius 3 is 1.79 bits per heavy atom. The van der Waals surface area contributed by atoms with Gasteiger partial charge in [0.2, 0.25) is 0 Å². The number of imidazole rings is 1. The van der Waals surface area contributed by atoms with Gasteiger partial charge in [-0.05, 0) is 98.4 Å². The van der Waals surface area contributed by atoms with Crippen LogP contribution in [0.1, 0.15) is 88.7 Å². The molecule has 1 N–H and O–H groups in total. The van der Waals surface area contributed by atoms with Crippen LogP contribution >= 0.6 is 0 Å². The third kappa shape index (κ3) is 9.22. The molecule has 7 aromatic carbocycles. The van der Waals surface area contributed by atoms with Gasteiger partial charge >= 0.3 is 0 Å². The van der Waals surface area contributed by atoms with Gasteiger partial charge in [-0.2, -0.15) is 0 Å². The molecule has 0 unspecified atom stereocenters. The molecule has 2 aromatic heterocycles. The molecule has 0 bridgehead atoms. The van der Waals surface area contributed by atoms with Crippen molar-refractivity contribution in [3.8, 4) is 78.6 Å². The van der Waals surface area contributed by atoms with E-state index in [0.717, 1.165) is 78.0 Å². The molecule has 0 saturated carbocycles. The van der Waals surface area contributed by atoms with Gasteiger partial charge in [-0.1, -0.05) is 194 Å². The van der Waals surface area contributed by atoms with Crippen molar-refractivity contribution in [3.05, 3.63) is 192 Å². The largest absolute Gasteiger partial charge is 0.507 e. The van der Waals surface area contributed by atoms with E-state index in [-0.39, 0.29) is 43.1 Å². The Labute approximate surface area is 410 Å². The second-order valence-electron chi connectivity index (χ2n) is 20.3. The first-order chi connectivity index (χ1) is 32.1. The number of phenols is 1. The minimum Gasteiger partial charge on any atom is -0.507 e. The van der Waals surface area contributed by atoms with E-state index >= 15 is 0 Å². The summed E-state index contributed by atoms with van der Waals surface area (Å²) >= 11 is 0.